The Morgan fingerprint density at radius 3 is 1.71 bits per heavy atom. The van der Waals surface area contributed by atoms with Crippen LogP contribution in [0.2, 0.25) is 0 Å². The van der Waals surface area contributed by atoms with Crippen LogP contribution in [-0.2, 0) is 9.47 Å². The third kappa shape index (κ3) is 3.94. The van der Waals surface area contributed by atoms with Gasteiger partial charge in [-0.25, -0.2) is 0 Å². The molecule has 142 valence electrons. The van der Waals surface area contributed by atoms with E-state index in [-0.39, 0.29) is 5.92 Å². The van der Waals surface area contributed by atoms with Gasteiger partial charge in [0.05, 0.1) is 0 Å². The lowest BCUT2D eigenvalue weighted by Gasteiger charge is -2.49. The van der Waals surface area contributed by atoms with Crippen LogP contribution < -0.4 is 0 Å². The van der Waals surface area contributed by atoms with Crippen LogP contribution in [0.4, 0.5) is 0 Å². The van der Waals surface area contributed by atoms with Crippen LogP contribution >= 0.6 is 0 Å². The van der Waals surface area contributed by atoms with E-state index in [1.165, 1.54) is 0 Å². The van der Waals surface area contributed by atoms with Crippen LogP contribution in [0.3, 0.4) is 0 Å². The van der Waals surface area contributed by atoms with Gasteiger partial charge in [-0.3, -0.25) is 9.80 Å². The fraction of sp³-hybridized carbons (Fsp3) is 1.00. The van der Waals surface area contributed by atoms with E-state index in [2.05, 4.69) is 6.92 Å². The van der Waals surface area contributed by atoms with Crippen molar-refractivity contribution in [1.82, 2.24) is 9.80 Å². The van der Waals surface area contributed by atoms with Gasteiger partial charge in [0.15, 0.2) is 0 Å². The molecule has 2 atom stereocenters. The molecule has 0 aromatic carbocycles. The first-order valence-corrected chi connectivity index (χ1v) is 9.63. The number of likely N-dealkylation sites (tertiary alicyclic amines) is 2. The first kappa shape index (κ1) is 20.1. The molecule has 6 nitrogen and oxygen atoms in total. The fourth-order valence-electron chi connectivity index (χ4n) is 4.43. The van der Waals surface area contributed by atoms with E-state index in [0.29, 0.717) is 39.5 Å². The Labute approximate surface area is 146 Å². The second-order valence-corrected chi connectivity index (χ2v) is 7.08. The number of rotatable bonds is 10. The largest absolute Gasteiger partial charge is 0.375 e. The molecule has 2 unspecified atom stereocenters. The number of hydrogen-bond donors (Lipinski definition) is 2. The van der Waals surface area contributed by atoms with Gasteiger partial charge in [0.25, 0.3) is 0 Å². The van der Waals surface area contributed by atoms with Crippen LogP contribution in [0.15, 0.2) is 0 Å². The molecule has 0 spiro atoms. The minimum absolute atomic E-state index is 0.221. The van der Waals surface area contributed by atoms with Gasteiger partial charge >= 0.3 is 0 Å². The van der Waals surface area contributed by atoms with Gasteiger partial charge in [0, 0.05) is 32.2 Å². The molecule has 0 saturated carbocycles. The van der Waals surface area contributed by atoms with E-state index in [4.69, 9.17) is 9.47 Å². The smallest absolute Gasteiger partial charge is 0.127 e. The molecule has 2 rings (SSSR count). The van der Waals surface area contributed by atoms with Gasteiger partial charge in [-0.05, 0) is 46.0 Å². The minimum atomic E-state index is -1.01. The van der Waals surface area contributed by atoms with Gasteiger partial charge < -0.3 is 19.7 Å². The highest BCUT2D eigenvalue weighted by atomic mass is 16.5. The normalized spacial score (nSPS) is 33.4. The summed E-state index contributed by atoms with van der Waals surface area (Å²) in [7, 11) is 0. The highest BCUT2D eigenvalue weighted by molar-refractivity contribution is 5.02. The Morgan fingerprint density at radius 2 is 1.33 bits per heavy atom. The van der Waals surface area contributed by atoms with Crippen molar-refractivity contribution < 1.29 is 19.7 Å². The number of ether oxygens (including phenoxy) is 2. The Balaban J connectivity index is 2.22. The molecular weight excluding hydrogens is 308 g/mol. The Kier molecular flexibility index (Phi) is 7.46. The Morgan fingerprint density at radius 1 is 0.875 bits per heavy atom. The van der Waals surface area contributed by atoms with Crippen molar-refractivity contribution in [3.05, 3.63) is 0 Å². The van der Waals surface area contributed by atoms with Crippen LogP contribution in [0.5, 0.6) is 0 Å². The summed E-state index contributed by atoms with van der Waals surface area (Å²) >= 11 is 0. The van der Waals surface area contributed by atoms with Gasteiger partial charge in [-0.1, -0.05) is 13.3 Å². The molecule has 0 bridgehead atoms. The van der Waals surface area contributed by atoms with Crippen molar-refractivity contribution in [1.29, 1.82) is 0 Å². The molecule has 0 amide bonds. The van der Waals surface area contributed by atoms with Crippen LogP contribution in [0.1, 0.15) is 59.3 Å². The summed E-state index contributed by atoms with van der Waals surface area (Å²) in [6, 6.07) is 0. The molecular formula is C18H36N2O4. The molecule has 6 heteroatoms. The summed E-state index contributed by atoms with van der Waals surface area (Å²) in [5, 5.41) is 23.1. The molecule has 2 saturated heterocycles. The third-order valence-electron chi connectivity index (χ3n) is 5.64. The molecule has 0 radical (unpaired) electrons. The highest BCUT2D eigenvalue weighted by Crippen LogP contribution is 2.46. The lowest BCUT2D eigenvalue weighted by molar-refractivity contribution is -0.251. The zero-order chi connectivity index (χ0) is 17.6. The second kappa shape index (κ2) is 8.92. The fourth-order valence-corrected chi connectivity index (χ4v) is 4.43. The summed E-state index contributed by atoms with van der Waals surface area (Å²) in [6.45, 7) is 9.79. The molecule has 2 N–H and O–H groups in total. The highest BCUT2D eigenvalue weighted by Gasteiger charge is 2.57. The average Bonchev–Trinajstić information content (AvgIpc) is 3.12. The number of hydrogen-bond acceptors (Lipinski definition) is 6. The first-order chi connectivity index (χ1) is 11.5. The predicted molar refractivity (Wildman–Crippen MR) is 93.2 cm³/mol. The Bertz CT molecular complexity index is 352. The average molecular weight is 344 g/mol. The summed E-state index contributed by atoms with van der Waals surface area (Å²) in [5.74, 6) is -0.221. The van der Waals surface area contributed by atoms with Crippen molar-refractivity contribution in [2.75, 3.05) is 39.8 Å². The maximum Gasteiger partial charge on any atom is 0.127 e. The first-order valence-electron chi connectivity index (χ1n) is 9.63. The van der Waals surface area contributed by atoms with E-state index in [0.717, 1.165) is 38.8 Å². The molecule has 2 fully saturated rings. The summed E-state index contributed by atoms with van der Waals surface area (Å²) in [6.07, 6.45) is 4.97. The minimum Gasteiger partial charge on any atom is -0.375 e. The van der Waals surface area contributed by atoms with Crippen molar-refractivity contribution in [2.45, 2.75) is 70.7 Å². The van der Waals surface area contributed by atoms with Gasteiger partial charge in [0.1, 0.15) is 24.9 Å². The summed E-state index contributed by atoms with van der Waals surface area (Å²) < 4.78 is 11.1. The van der Waals surface area contributed by atoms with Crippen LogP contribution in [0.25, 0.3) is 0 Å². The second-order valence-electron chi connectivity index (χ2n) is 7.08. The number of nitrogens with zero attached hydrogens (tertiary/aromatic N) is 2. The maximum atomic E-state index is 11.6. The van der Waals surface area contributed by atoms with Gasteiger partial charge in [-0.15, -0.1) is 0 Å². The van der Waals surface area contributed by atoms with Crippen molar-refractivity contribution >= 4 is 0 Å². The quantitative estimate of drug-likeness (QED) is 0.632. The zero-order valence-corrected chi connectivity index (χ0v) is 15.7. The van der Waals surface area contributed by atoms with E-state index in [1.54, 1.807) is 0 Å². The van der Waals surface area contributed by atoms with Crippen LogP contribution in [-0.4, -0.2) is 71.2 Å². The molecule has 0 aliphatic carbocycles. The lowest BCUT2D eigenvalue weighted by Crippen LogP contribution is -2.63. The standard InChI is InChI=1S/C18H36N2O4/c1-4-9-16(17(21)10-7-12-19(17)14-23-5-2)18(22)11-8-13-20(18)15-24-6-3/h16,21-22H,4-15H2,1-3H3. The monoisotopic (exact) mass is 344 g/mol. The zero-order valence-electron chi connectivity index (χ0n) is 15.7. The van der Waals surface area contributed by atoms with Crippen molar-refractivity contribution in [2.24, 2.45) is 5.92 Å². The van der Waals surface area contributed by atoms with E-state index in [9.17, 15) is 10.2 Å². The molecule has 0 aromatic heterocycles. The van der Waals surface area contributed by atoms with E-state index >= 15 is 0 Å². The Hall–Kier alpha value is -0.240. The summed E-state index contributed by atoms with van der Waals surface area (Å²) in [4.78, 5) is 4.04. The molecule has 2 aliphatic heterocycles. The predicted octanol–water partition coefficient (Wildman–Crippen LogP) is 1.96. The van der Waals surface area contributed by atoms with E-state index < -0.39 is 11.4 Å². The van der Waals surface area contributed by atoms with Crippen molar-refractivity contribution in [3.63, 3.8) is 0 Å². The van der Waals surface area contributed by atoms with Gasteiger partial charge in [0.2, 0.25) is 0 Å². The van der Waals surface area contributed by atoms with Gasteiger partial charge in [-0.2, -0.15) is 0 Å². The maximum absolute atomic E-state index is 11.6. The van der Waals surface area contributed by atoms with E-state index in [1.807, 2.05) is 23.6 Å². The lowest BCUT2D eigenvalue weighted by atomic mass is 9.79. The topological polar surface area (TPSA) is 65.4 Å². The summed E-state index contributed by atoms with van der Waals surface area (Å²) in [5.41, 5.74) is -2.01. The SMILES string of the molecule is CCCC(C1(O)CCCN1COCC)C1(O)CCCN1COCC. The van der Waals surface area contributed by atoms with Crippen molar-refractivity contribution in [3.8, 4) is 0 Å². The molecule has 0 aromatic rings. The molecule has 2 heterocycles. The van der Waals surface area contributed by atoms with Crippen LogP contribution in [0, 0.1) is 5.92 Å². The number of aliphatic hydroxyl groups is 2. The molecule has 2 aliphatic rings. The molecule has 24 heavy (non-hydrogen) atoms. The third-order valence-corrected chi connectivity index (χ3v) is 5.64.